The van der Waals surface area contributed by atoms with Crippen molar-refractivity contribution in [1.29, 1.82) is 0 Å². The van der Waals surface area contributed by atoms with E-state index >= 15 is 0 Å². The Morgan fingerprint density at radius 3 is 2.35 bits per heavy atom. The van der Waals surface area contributed by atoms with Crippen LogP contribution in [0.2, 0.25) is 0 Å². The quantitative estimate of drug-likeness (QED) is 0.685. The molecule has 2 aliphatic carbocycles. The van der Waals surface area contributed by atoms with Crippen molar-refractivity contribution < 1.29 is 17.9 Å². The lowest BCUT2D eigenvalue weighted by Gasteiger charge is -2.32. The highest BCUT2D eigenvalue weighted by molar-refractivity contribution is 4.84. The summed E-state index contributed by atoms with van der Waals surface area (Å²) < 4.78 is 40.5. The van der Waals surface area contributed by atoms with Crippen molar-refractivity contribution in [3.05, 3.63) is 0 Å². The van der Waals surface area contributed by atoms with Crippen molar-refractivity contribution in [2.75, 3.05) is 19.8 Å². The van der Waals surface area contributed by atoms with Crippen LogP contribution in [0, 0.1) is 11.8 Å². The predicted molar refractivity (Wildman–Crippen MR) is 72.6 cm³/mol. The van der Waals surface area contributed by atoms with Gasteiger partial charge in [0.25, 0.3) is 0 Å². The summed E-state index contributed by atoms with van der Waals surface area (Å²) in [5.74, 6) is 1.39. The molecule has 0 aliphatic heterocycles. The molecule has 0 radical (unpaired) electrons. The highest BCUT2D eigenvalue weighted by Gasteiger charge is 2.29. The highest BCUT2D eigenvalue weighted by atomic mass is 19.4. The van der Waals surface area contributed by atoms with Gasteiger partial charge >= 0.3 is 6.18 Å². The third-order valence-electron chi connectivity index (χ3n) is 4.44. The minimum absolute atomic E-state index is 0.235. The lowest BCUT2D eigenvalue weighted by atomic mass is 9.77. The third kappa shape index (κ3) is 6.44. The lowest BCUT2D eigenvalue weighted by molar-refractivity contribution is -0.174. The van der Waals surface area contributed by atoms with Crippen LogP contribution in [-0.2, 0) is 4.74 Å². The summed E-state index contributed by atoms with van der Waals surface area (Å²) in [6, 6.07) is 0.743. The molecule has 2 saturated carbocycles. The molecule has 20 heavy (non-hydrogen) atoms. The maximum atomic E-state index is 11.9. The average Bonchev–Trinajstić information content (AvgIpc) is 3.20. The molecule has 0 spiro atoms. The zero-order valence-electron chi connectivity index (χ0n) is 12.1. The Bertz CT molecular complexity index is 279. The Labute approximate surface area is 119 Å². The second kappa shape index (κ2) is 7.64. The zero-order chi connectivity index (χ0) is 14.4. The van der Waals surface area contributed by atoms with Gasteiger partial charge in [0.1, 0.15) is 6.61 Å². The number of ether oxygens (including phenoxy) is 1. The van der Waals surface area contributed by atoms with Crippen molar-refractivity contribution in [2.24, 2.45) is 11.8 Å². The van der Waals surface area contributed by atoms with Crippen LogP contribution in [0.1, 0.15) is 51.4 Å². The summed E-state index contributed by atoms with van der Waals surface area (Å²) in [7, 11) is 0. The fraction of sp³-hybridized carbons (Fsp3) is 1.00. The summed E-state index contributed by atoms with van der Waals surface area (Å²) >= 11 is 0. The first kappa shape index (κ1) is 16.1. The first-order chi connectivity index (χ1) is 9.54. The molecule has 1 N–H and O–H groups in total. The van der Waals surface area contributed by atoms with Gasteiger partial charge in [-0.3, -0.25) is 0 Å². The maximum Gasteiger partial charge on any atom is 0.411 e. The van der Waals surface area contributed by atoms with Crippen molar-refractivity contribution in [3.63, 3.8) is 0 Å². The molecule has 2 atom stereocenters. The second-order valence-electron chi connectivity index (χ2n) is 6.30. The molecule has 0 aromatic carbocycles. The van der Waals surface area contributed by atoms with Gasteiger partial charge in [0, 0.05) is 12.6 Å². The number of alkyl halides is 3. The number of hydrogen-bond donors (Lipinski definition) is 1. The molecule has 0 amide bonds. The molecule has 5 heteroatoms. The molecule has 0 saturated heterocycles. The Hall–Kier alpha value is -0.290. The summed E-state index contributed by atoms with van der Waals surface area (Å²) in [5.41, 5.74) is 0. The molecule has 0 aromatic heterocycles. The van der Waals surface area contributed by atoms with Crippen molar-refractivity contribution in [3.8, 4) is 0 Å². The Balaban J connectivity index is 1.58. The number of rotatable bonds is 8. The van der Waals surface area contributed by atoms with E-state index in [0.717, 1.165) is 25.4 Å². The van der Waals surface area contributed by atoms with Crippen molar-refractivity contribution in [2.45, 2.75) is 63.6 Å². The van der Waals surface area contributed by atoms with E-state index in [4.69, 9.17) is 4.74 Å². The van der Waals surface area contributed by atoms with Crippen LogP contribution in [-0.4, -0.2) is 32.0 Å². The molecule has 2 nitrogen and oxygen atoms in total. The standard InChI is InChI=1S/C15H26F3NO/c16-15(17,18)11-20-9-3-6-12-4-1-2-5-13(12)10-19-14-7-8-14/h12-14,19H,1-11H2. The number of halogens is 3. The van der Waals surface area contributed by atoms with Crippen LogP contribution in [0.5, 0.6) is 0 Å². The van der Waals surface area contributed by atoms with E-state index in [0.29, 0.717) is 11.8 Å². The number of hydrogen-bond acceptors (Lipinski definition) is 2. The molecular weight excluding hydrogens is 267 g/mol. The largest absolute Gasteiger partial charge is 0.411 e. The summed E-state index contributed by atoms with van der Waals surface area (Å²) in [6.07, 6.45) is 5.26. The summed E-state index contributed by atoms with van der Waals surface area (Å²) in [6.45, 7) is 0.224. The van der Waals surface area contributed by atoms with Crippen LogP contribution >= 0.6 is 0 Å². The Kier molecular flexibility index (Phi) is 6.15. The SMILES string of the molecule is FC(F)(F)COCCCC1CCCCC1CNC1CC1. The highest BCUT2D eigenvalue weighted by Crippen LogP contribution is 2.33. The van der Waals surface area contributed by atoms with Crippen LogP contribution in [0.15, 0.2) is 0 Å². The van der Waals surface area contributed by atoms with E-state index in [-0.39, 0.29) is 6.61 Å². The first-order valence-corrected chi connectivity index (χ1v) is 7.92. The van der Waals surface area contributed by atoms with E-state index in [2.05, 4.69) is 5.32 Å². The number of nitrogens with one attached hydrogen (secondary N) is 1. The van der Waals surface area contributed by atoms with Crippen LogP contribution in [0.3, 0.4) is 0 Å². The smallest absolute Gasteiger partial charge is 0.372 e. The van der Waals surface area contributed by atoms with Crippen molar-refractivity contribution >= 4 is 0 Å². The van der Waals surface area contributed by atoms with Crippen molar-refractivity contribution in [1.82, 2.24) is 5.32 Å². The van der Waals surface area contributed by atoms with Gasteiger partial charge in [-0.1, -0.05) is 19.3 Å². The summed E-state index contributed by atoms with van der Waals surface area (Å²) in [5, 5.41) is 3.60. The Morgan fingerprint density at radius 1 is 1.00 bits per heavy atom. The average molecular weight is 293 g/mol. The second-order valence-corrected chi connectivity index (χ2v) is 6.30. The topological polar surface area (TPSA) is 21.3 Å². The van der Waals surface area contributed by atoms with Gasteiger partial charge in [0.15, 0.2) is 0 Å². The van der Waals surface area contributed by atoms with Crippen LogP contribution < -0.4 is 5.32 Å². The van der Waals surface area contributed by atoms with Gasteiger partial charge in [-0.25, -0.2) is 0 Å². The van der Waals surface area contributed by atoms with E-state index in [1.54, 1.807) is 0 Å². The fourth-order valence-electron chi connectivity index (χ4n) is 3.17. The zero-order valence-corrected chi connectivity index (χ0v) is 12.1. The molecule has 118 valence electrons. The molecule has 2 unspecified atom stereocenters. The third-order valence-corrected chi connectivity index (χ3v) is 4.44. The maximum absolute atomic E-state index is 11.9. The fourth-order valence-corrected chi connectivity index (χ4v) is 3.17. The molecule has 2 fully saturated rings. The van der Waals surface area contributed by atoms with Gasteiger partial charge in [0.05, 0.1) is 0 Å². The van der Waals surface area contributed by atoms with Gasteiger partial charge in [-0.15, -0.1) is 0 Å². The predicted octanol–water partition coefficient (Wildman–Crippen LogP) is 3.90. The normalized spacial score (nSPS) is 27.8. The minimum atomic E-state index is -4.19. The monoisotopic (exact) mass is 293 g/mol. The van der Waals surface area contributed by atoms with Gasteiger partial charge in [-0.05, 0) is 50.5 Å². The lowest BCUT2D eigenvalue weighted by Crippen LogP contribution is -2.32. The minimum Gasteiger partial charge on any atom is -0.372 e. The Morgan fingerprint density at radius 2 is 1.70 bits per heavy atom. The molecule has 0 heterocycles. The van der Waals surface area contributed by atoms with E-state index in [1.807, 2.05) is 0 Å². The van der Waals surface area contributed by atoms with E-state index in [1.165, 1.54) is 38.5 Å². The molecular formula is C15H26F3NO. The van der Waals surface area contributed by atoms with Gasteiger partial charge < -0.3 is 10.1 Å². The molecule has 0 bridgehead atoms. The molecule has 2 rings (SSSR count). The first-order valence-electron chi connectivity index (χ1n) is 7.92. The van der Waals surface area contributed by atoms with Gasteiger partial charge in [-0.2, -0.15) is 13.2 Å². The van der Waals surface area contributed by atoms with Crippen LogP contribution in [0.25, 0.3) is 0 Å². The van der Waals surface area contributed by atoms with Crippen LogP contribution in [0.4, 0.5) is 13.2 Å². The van der Waals surface area contributed by atoms with Gasteiger partial charge in [0.2, 0.25) is 0 Å². The van der Waals surface area contributed by atoms with E-state index < -0.39 is 12.8 Å². The van der Waals surface area contributed by atoms with E-state index in [9.17, 15) is 13.2 Å². The molecule has 2 aliphatic rings. The molecule has 0 aromatic rings. The summed E-state index contributed by atoms with van der Waals surface area (Å²) in [4.78, 5) is 0.